The van der Waals surface area contributed by atoms with Crippen molar-refractivity contribution in [2.75, 3.05) is 19.8 Å². The van der Waals surface area contributed by atoms with Gasteiger partial charge >= 0.3 is 5.97 Å². The Morgan fingerprint density at radius 1 is 1.55 bits per heavy atom. The Bertz CT molecular complexity index is 502. The molecule has 1 amide bonds. The maximum absolute atomic E-state index is 12.4. The second kappa shape index (κ2) is 6.32. The summed E-state index contributed by atoms with van der Waals surface area (Å²) in [7, 11) is 0. The molecule has 0 aromatic carbocycles. The topological polar surface area (TPSA) is 68.7 Å². The van der Waals surface area contributed by atoms with Gasteiger partial charge in [0.1, 0.15) is 5.69 Å². The average Bonchev–Trinajstić information content (AvgIpc) is 2.91. The van der Waals surface area contributed by atoms with Crippen LogP contribution in [0, 0.1) is 0 Å². The Hall–Kier alpha value is -1.47. The number of rotatable bonds is 3. The van der Waals surface area contributed by atoms with E-state index in [0.29, 0.717) is 25.5 Å². The number of esters is 1. The lowest BCUT2D eigenvalue weighted by molar-refractivity contribution is -0.0388. The van der Waals surface area contributed by atoms with Gasteiger partial charge in [-0.1, -0.05) is 0 Å². The van der Waals surface area contributed by atoms with Gasteiger partial charge < -0.3 is 14.4 Å². The van der Waals surface area contributed by atoms with Crippen molar-refractivity contribution in [1.82, 2.24) is 9.88 Å². The van der Waals surface area contributed by atoms with Gasteiger partial charge in [-0.3, -0.25) is 4.79 Å². The first kappa shape index (κ1) is 14.9. The Labute approximate surface area is 121 Å². The zero-order valence-corrected chi connectivity index (χ0v) is 12.6. The lowest BCUT2D eigenvalue weighted by Crippen LogP contribution is -2.50. The van der Waals surface area contributed by atoms with Crippen LogP contribution < -0.4 is 0 Å². The zero-order chi connectivity index (χ0) is 14.7. The van der Waals surface area contributed by atoms with Crippen molar-refractivity contribution in [3.8, 4) is 0 Å². The van der Waals surface area contributed by atoms with E-state index in [1.54, 1.807) is 17.2 Å². The monoisotopic (exact) mass is 298 g/mol. The fourth-order valence-corrected chi connectivity index (χ4v) is 2.67. The van der Waals surface area contributed by atoms with E-state index in [4.69, 9.17) is 9.47 Å². The smallest absolute Gasteiger partial charge is 0.367 e. The van der Waals surface area contributed by atoms with Crippen molar-refractivity contribution in [3.63, 3.8) is 0 Å². The molecule has 0 aliphatic carbocycles. The Balaban J connectivity index is 2.11. The summed E-state index contributed by atoms with van der Waals surface area (Å²) in [5.74, 6) is -0.653. The summed E-state index contributed by atoms with van der Waals surface area (Å²) in [6.45, 7) is 6.93. The first-order chi connectivity index (χ1) is 9.52. The van der Waals surface area contributed by atoms with E-state index in [1.165, 1.54) is 0 Å². The molecule has 0 radical (unpaired) electrons. The fraction of sp³-hybridized carbons (Fsp3) is 0.615. The van der Waals surface area contributed by atoms with Crippen molar-refractivity contribution in [3.05, 3.63) is 16.1 Å². The molecule has 7 heteroatoms. The number of ether oxygens (including phenoxy) is 2. The van der Waals surface area contributed by atoms with Crippen LogP contribution >= 0.6 is 11.3 Å². The number of morpholine rings is 1. The molecule has 1 fully saturated rings. The molecule has 110 valence electrons. The van der Waals surface area contributed by atoms with E-state index in [2.05, 4.69) is 4.98 Å². The summed E-state index contributed by atoms with van der Waals surface area (Å²) >= 11 is 1.13. The fourth-order valence-electron chi connectivity index (χ4n) is 1.99. The standard InChI is InChI=1S/C13H18N2O4S/c1-4-18-13(17)11-14-10(7-20-11)12(16)15-5-9(3)19-6-8(15)2/h7-9H,4-6H2,1-3H3. The molecule has 1 aliphatic rings. The van der Waals surface area contributed by atoms with Crippen LogP contribution in [0.5, 0.6) is 0 Å². The number of carbonyl (C=O) groups excluding carboxylic acids is 2. The van der Waals surface area contributed by atoms with E-state index in [-0.39, 0.29) is 23.1 Å². The minimum atomic E-state index is -0.486. The summed E-state index contributed by atoms with van der Waals surface area (Å²) in [5.41, 5.74) is 0.291. The maximum Gasteiger partial charge on any atom is 0.367 e. The molecular weight excluding hydrogens is 280 g/mol. The second-order valence-corrected chi connectivity index (χ2v) is 5.57. The SMILES string of the molecule is CCOC(=O)c1nc(C(=O)N2CC(C)OCC2C)cs1. The van der Waals surface area contributed by atoms with Gasteiger partial charge in [-0.25, -0.2) is 9.78 Å². The number of carbonyl (C=O) groups is 2. The van der Waals surface area contributed by atoms with Crippen LogP contribution in [0.25, 0.3) is 0 Å². The van der Waals surface area contributed by atoms with Gasteiger partial charge in [0.2, 0.25) is 5.01 Å². The molecule has 2 rings (SSSR count). The Kier molecular flexibility index (Phi) is 4.72. The Morgan fingerprint density at radius 3 is 3.00 bits per heavy atom. The third kappa shape index (κ3) is 3.16. The third-order valence-corrected chi connectivity index (χ3v) is 3.86. The highest BCUT2D eigenvalue weighted by atomic mass is 32.1. The van der Waals surface area contributed by atoms with Crippen molar-refractivity contribution >= 4 is 23.2 Å². The highest BCUT2D eigenvalue weighted by molar-refractivity contribution is 7.11. The van der Waals surface area contributed by atoms with Crippen LogP contribution in [0.15, 0.2) is 5.38 Å². The molecule has 1 aromatic rings. The molecule has 0 bridgehead atoms. The van der Waals surface area contributed by atoms with Crippen LogP contribution in [0.3, 0.4) is 0 Å². The van der Waals surface area contributed by atoms with E-state index >= 15 is 0 Å². The maximum atomic E-state index is 12.4. The predicted molar refractivity (Wildman–Crippen MR) is 74.0 cm³/mol. The summed E-state index contributed by atoms with van der Waals surface area (Å²) in [6.07, 6.45) is 0.0123. The highest BCUT2D eigenvalue weighted by Crippen LogP contribution is 2.18. The number of nitrogens with zero attached hydrogens (tertiary/aromatic N) is 2. The zero-order valence-electron chi connectivity index (χ0n) is 11.8. The molecule has 1 aliphatic heterocycles. The lowest BCUT2D eigenvalue weighted by Gasteiger charge is -2.36. The van der Waals surface area contributed by atoms with Crippen LogP contribution in [-0.2, 0) is 9.47 Å². The number of aromatic nitrogens is 1. The summed E-state index contributed by atoms with van der Waals surface area (Å²) in [6, 6.07) is 0.00597. The molecule has 2 atom stereocenters. The number of thiazole rings is 1. The van der Waals surface area contributed by atoms with Gasteiger partial charge in [0.05, 0.1) is 25.4 Å². The molecule has 1 aromatic heterocycles. The molecule has 6 nitrogen and oxygen atoms in total. The van der Waals surface area contributed by atoms with Crippen molar-refractivity contribution in [2.45, 2.75) is 32.9 Å². The molecule has 1 saturated heterocycles. The van der Waals surface area contributed by atoms with E-state index in [9.17, 15) is 9.59 Å². The van der Waals surface area contributed by atoms with Gasteiger partial charge in [0.25, 0.3) is 5.91 Å². The van der Waals surface area contributed by atoms with Crippen molar-refractivity contribution < 1.29 is 19.1 Å². The van der Waals surface area contributed by atoms with Crippen LogP contribution in [-0.4, -0.2) is 53.7 Å². The summed E-state index contributed by atoms with van der Waals surface area (Å²) in [4.78, 5) is 29.8. The van der Waals surface area contributed by atoms with Crippen LogP contribution in [0.1, 0.15) is 41.1 Å². The first-order valence-corrected chi connectivity index (χ1v) is 7.46. The number of hydrogen-bond donors (Lipinski definition) is 0. The normalized spacial score (nSPS) is 22.6. The average molecular weight is 298 g/mol. The number of hydrogen-bond acceptors (Lipinski definition) is 6. The van der Waals surface area contributed by atoms with E-state index in [0.717, 1.165) is 11.3 Å². The quantitative estimate of drug-likeness (QED) is 0.792. The largest absolute Gasteiger partial charge is 0.461 e. The van der Waals surface area contributed by atoms with Crippen LogP contribution in [0.4, 0.5) is 0 Å². The molecule has 0 spiro atoms. The molecule has 0 saturated carbocycles. The van der Waals surface area contributed by atoms with Gasteiger partial charge in [-0.15, -0.1) is 11.3 Å². The Morgan fingerprint density at radius 2 is 2.30 bits per heavy atom. The van der Waals surface area contributed by atoms with E-state index in [1.807, 2.05) is 13.8 Å². The third-order valence-electron chi connectivity index (χ3n) is 3.04. The van der Waals surface area contributed by atoms with Gasteiger partial charge in [-0.2, -0.15) is 0 Å². The van der Waals surface area contributed by atoms with Gasteiger partial charge in [0, 0.05) is 11.9 Å². The van der Waals surface area contributed by atoms with Crippen LogP contribution in [0.2, 0.25) is 0 Å². The molecule has 2 unspecified atom stereocenters. The lowest BCUT2D eigenvalue weighted by atomic mass is 10.2. The van der Waals surface area contributed by atoms with E-state index < -0.39 is 5.97 Å². The predicted octanol–water partition coefficient (Wildman–Crippen LogP) is 1.57. The van der Waals surface area contributed by atoms with Crippen molar-refractivity contribution in [1.29, 1.82) is 0 Å². The minimum Gasteiger partial charge on any atom is -0.461 e. The second-order valence-electron chi connectivity index (χ2n) is 4.71. The van der Waals surface area contributed by atoms with Gasteiger partial charge in [-0.05, 0) is 20.8 Å². The first-order valence-electron chi connectivity index (χ1n) is 6.58. The highest BCUT2D eigenvalue weighted by Gasteiger charge is 2.30. The van der Waals surface area contributed by atoms with Gasteiger partial charge in [0.15, 0.2) is 0 Å². The molecular formula is C13H18N2O4S. The van der Waals surface area contributed by atoms with Crippen molar-refractivity contribution in [2.24, 2.45) is 0 Å². The summed E-state index contributed by atoms with van der Waals surface area (Å²) in [5, 5.41) is 1.81. The summed E-state index contributed by atoms with van der Waals surface area (Å²) < 4.78 is 10.4. The number of amides is 1. The molecule has 20 heavy (non-hydrogen) atoms. The minimum absolute atomic E-state index is 0.00597. The molecule has 0 N–H and O–H groups in total. The molecule has 2 heterocycles.